The number of hydrogen-bond acceptors (Lipinski definition) is 2. The molecule has 0 saturated carbocycles. The Morgan fingerprint density at radius 1 is 1.14 bits per heavy atom. The van der Waals surface area contributed by atoms with Gasteiger partial charge in [0.25, 0.3) is 0 Å². The summed E-state index contributed by atoms with van der Waals surface area (Å²) >= 11 is 3.68. The zero-order valence-electron chi connectivity index (χ0n) is 13.2. The van der Waals surface area contributed by atoms with Gasteiger partial charge >= 0.3 is 5.69 Å². The molecule has 4 nitrogen and oxygen atoms in total. The molecule has 0 amide bonds. The van der Waals surface area contributed by atoms with Crippen LogP contribution in [0.3, 0.4) is 0 Å². The first kappa shape index (κ1) is 16.3. The van der Waals surface area contributed by atoms with Crippen LogP contribution in [0.1, 0.15) is 44.7 Å². The fraction of sp³-hybridized carbons (Fsp3) is 0.562. The van der Waals surface area contributed by atoms with E-state index in [1.165, 1.54) is 5.56 Å². The number of imidazole rings is 1. The second-order valence-electron chi connectivity index (χ2n) is 5.56. The Balaban J connectivity index is 2.54. The number of nitrogens with one attached hydrogen (secondary N) is 1. The Kier molecular flexibility index (Phi) is 5.27. The highest BCUT2D eigenvalue weighted by Crippen LogP contribution is 2.30. The summed E-state index contributed by atoms with van der Waals surface area (Å²) in [6.45, 7) is 5.38. The first-order chi connectivity index (χ1) is 10.0. The van der Waals surface area contributed by atoms with Crippen molar-refractivity contribution in [3.8, 4) is 0 Å². The molecule has 0 aliphatic rings. The lowest BCUT2D eigenvalue weighted by molar-refractivity contribution is 0.493. The fourth-order valence-electron chi connectivity index (χ4n) is 2.78. The van der Waals surface area contributed by atoms with Crippen molar-refractivity contribution in [2.24, 2.45) is 14.1 Å². The molecule has 1 N–H and O–H groups in total. The molecule has 1 unspecified atom stereocenters. The van der Waals surface area contributed by atoms with Crippen molar-refractivity contribution >= 4 is 27.0 Å². The van der Waals surface area contributed by atoms with E-state index < -0.39 is 0 Å². The Bertz CT molecular complexity index is 687. The molecule has 2 aromatic rings. The van der Waals surface area contributed by atoms with Gasteiger partial charge in [-0.15, -0.1) is 0 Å². The van der Waals surface area contributed by atoms with Crippen LogP contribution in [0.5, 0.6) is 0 Å². The van der Waals surface area contributed by atoms with Gasteiger partial charge in [-0.05, 0) is 37.1 Å². The monoisotopic (exact) mass is 353 g/mol. The summed E-state index contributed by atoms with van der Waals surface area (Å²) in [4.78, 5) is 12.1. The standard InChI is InChI=1S/C16H24BrN3O/c1-5-7-13(18-8-6-2)11-9-14-15(10-12(11)17)20(4)16(21)19(14)3/h9-10,13,18H,5-8H2,1-4H3. The number of benzene rings is 1. The number of nitrogens with zero attached hydrogens (tertiary/aromatic N) is 2. The Morgan fingerprint density at radius 2 is 1.76 bits per heavy atom. The first-order valence-corrected chi connectivity index (χ1v) is 8.38. The largest absolute Gasteiger partial charge is 0.328 e. The van der Waals surface area contributed by atoms with Crippen LogP contribution in [-0.2, 0) is 14.1 Å². The number of aromatic nitrogens is 2. The molecule has 0 saturated heterocycles. The average molecular weight is 354 g/mol. The van der Waals surface area contributed by atoms with Crippen molar-refractivity contribution in [3.05, 3.63) is 32.7 Å². The summed E-state index contributed by atoms with van der Waals surface area (Å²) in [5, 5.41) is 3.61. The lowest BCUT2D eigenvalue weighted by atomic mass is 10.0. The molecular weight excluding hydrogens is 330 g/mol. The molecule has 5 heteroatoms. The molecule has 0 spiro atoms. The third kappa shape index (κ3) is 3.09. The highest BCUT2D eigenvalue weighted by molar-refractivity contribution is 9.10. The minimum atomic E-state index is 0.0163. The molecule has 21 heavy (non-hydrogen) atoms. The lowest BCUT2D eigenvalue weighted by Gasteiger charge is -2.20. The molecule has 116 valence electrons. The molecule has 1 aromatic heterocycles. The summed E-state index contributed by atoms with van der Waals surface area (Å²) in [7, 11) is 3.65. The van der Waals surface area contributed by atoms with Crippen molar-refractivity contribution in [1.82, 2.24) is 14.5 Å². The molecule has 0 bridgehead atoms. The van der Waals surface area contributed by atoms with Gasteiger partial charge in [-0.25, -0.2) is 4.79 Å². The van der Waals surface area contributed by atoms with E-state index in [4.69, 9.17) is 0 Å². The van der Waals surface area contributed by atoms with Crippen LogP contribution in [-0.4, -0.2) is 15.7 Å². The molecular formula is C16H24BrN3O. The third-order valence-electron chi connectivity index (χ3n) is 3.98. The maximum atomic E-state index is 12.1. The number of rotatable bonds is 6. The Labute approximate surface area is 134 Å². The fourth-order valence-corrected chi connectivity index (χ4v) is 3.39. The predicted octanol–water partition coefficient (Wildman–Crippen LogP) is 3.48. The molecule has 0 aliphatic heterocycles. The molecule has 1 aromatic carbocycles. The van der Waals surface area contributed by atoms with Gasteiger partial charge in [0.2, 0.25) is 0 Å². The summed E-state index contributed by atoms with van der Waals surface area (Å²) in [6.07, 6.45) is 3.33. The van der Waals surface area contributed by atoms with Crippen LogP contribution in [0.2, 0.25) is 0 Å². The van der Waals surface area contributed by atoms with Gasteiger partial charge in [0.1, 0.15) is 0 Å². The van der Waals surface area contributed by atoms with Crippen molar-refractivity contribution < 1.29 is 0 Å². The number of aryl methyl sites for hydroxylation is 2. The zero-order valence-corrected chi connectivity index (χ0v) is 14.8. The van der Waals surface area contributed by atoms with Crippen molar-refractivity contribution in [2.75, 3.05) is 6.54 Å². The second-order valence-corrected chi connectivity index (χ2v) is 6.41. The predicted molar refractivity (Wildman–Crippen MR) is 91.8 cm³/mol. The van der Waals surface area contributed by atoms with E-state index in [-0.39, 0.29) is 5.69 Å². The number of halogens is 1. The summed E-state index contributed by atoms with van der Waals surface area (Å²) in [5.74, 6) is 0. The first-order valence-electron chi connectivity index (χ1n) is 7.59. The minimum absolute atomic E-state index is 0.0163. The number of fused-ring (bicyclic) bond motifs is 1. The van der Waals surface area contributed by atoms with E-state index >= 15 is 0 Å². The van der Waals surface area contributed by atoms with Crippen molar-refractivity contribution in [2.45, 2.75) is 39.2 Å². The van der Waals surface area contributed by atoms with Gasteiger partial charge in [0.05, 0.1) is 11.0 Å². The quantitative estimate of drug-likeness (QED) is 0.863. The third-order valence-corrected chi connectivity index (χ3v) is 4.67. The maximum Gasteiger partial charge on any atom is 0.328 e. The van der Waals surface area contributed by atoms with Gasteiger partial charge < -0.3 is 5.32 Å². The maximum absolute atomic E-state index is 12.1. The molecule has 0 aliphatic carbocycles. The smallest absolute Gasteiger partial charge is 0.310 e. The van der Waals surface area contributed by atoms with E-state index in [2.05, 4.69) is 47.2 Å². The van der Waals surface area contributed by atoms with Crippen LogP contribution in [0, 0.1) is 0 Å². The van der Waals surface area contributed by atoms with E-state index in [0.717, 1.165) is 41.3 Å². The highest BCUT2D eigenvalue weighted by Gasteiger charge is 2.17. The van der Waals surface area contributed by atoms with E-state index in [0.29, 0.717) is 6.04 Å². The van der Waals surface area contributed by atoms with Crippen LogP contribution in [0.25, 0.3) is 11.0 Å². The Morgan fingerprint density at radius 3 is 2.33 bits per heavy atom. The lowest BCUT2D eigenvalue weighted by Crippen LogP contribution is -2.22. The van der Waals surface area contributed by atoms with Gasteiger partial charge in [0, 0.05) is 24.6 Å². The SMILES string of the molecule is CCCNC(CCC)c1cc2c(cc1Br)n(C)c(=O)n2C. The second kappa shape index (κ2) is 6.79. The minimum Gasteiger partial charge on any atom is -0.310 e. The average Bonchev–Trinajstić information content (AvgIpc) is 2.67. The van der Waals surface area contributed by atoms with Crippen LogP contribution < -0.4 is 11.0 Å². The van der Waals surface area contributed by atoms with E-state index in [9.17, 15) is 4.79 Å². The topological polar surface area (TPSA) is 39.0 Å². The van der Waals surface area contributed by atoms with Crippen LogP contribution in [0.15, 0.2) is 21.4 Å². The van der Waals surface area contributed by atoms with E-state index in [1.807, 2.05) is 14.1 Å². The van der Waals surface area contributed by atoms with Gasteiger partial charge in [0.15, 0.2) is 0 Å². The zero-order chi connectivity index (χ0) is 15.6. The molecule has 0 fully saturated rings. The number of hydrogen-bond donors (Lipinski definition) is 1. The Hall–Kier alpha value is -1.07. The van der Waals surface area contributed by atoms with Crippen molar-refractivity contribution in [1.29, 1.82) is 0 Å². The molecule has 2 rings (SSSR count). The normalized spacial score (nSPS) is 13.0. The summed E-state index contributed by atoms with van der Waals surface area (Å²) in [5.41, 5.74) is 3.20. The molecule has 1 atom stereocenters. The van der Waals surface area contributed by atoms with Gasteiger partial charge in [-0.3, -0.25) is 9.13 Å². The molecule has 0 radical (unpaired) electrons. The van der Waals surface area contributed by atoms with Gasteiger partial charge in [-0.1, -0.05) is 36.2 Å². The van der Waals surface area contributed by atoms with Crippen molar-refractivity contribution in [3.63, 3.8) is 0 Å². The summed E-state index contributed by atoms with van der Waals surface area (Å²) in [6, 6.07) is 4.52. The van der Waals surface area contributed by atoms with E-state index in [1.54, 1.807) is 9.13 Å². The van der Waals surface area contributed by atoms with Crippen LogP contribution in [0.4, 0.5) is 0 Å². The molecule has 1 heterocycles. The van der Waals surface area contributed by atoms with Gasteiger partial charge in [-0.2, -0.15) is 0 Å². The van der Waals surface area contributed by atoms with Crippen LogP contribution >= 0.6 is 15.9 Å². The highest BCUT2D eigenvalue weighted by atomic mass is 79.9. The summed E-state index contributed by atoms with van der Waals surface area (Å²) < 4.78 is 4.48.